The van der Waals surface area contributed by atoms with Crippen molar-refractivity contribution in [2.24, 2.45) is 5.92 Å². The minimum absolute atomic E-state index is 0.0551. The van der Waals surface area contributed by atoms with Gasteiger partial charge in [0, 0.05) is 37.6 Å². The van der Waals surface area contributed by atoms with Crippen LogP contribution in [0.5, 0.6) is 0 Å². The molecule has 1 aliphatic rings. The molecule has 1 aliphatic heterocycles. The van der Waals surface area contributed by atoms with Crippen molar-refractivity contribution in [3.05, 3.63) is 30.2 Å². The standard InChI is InChI=1S/C17H27N5O2/c1-12(2)16-20-17(24-21-16)15(14-5-9-23-10-6-14)19-13(3)11-22-8-4-7-18-22/h4,7-8,12-15,19H,5-6,9-11H2,1-3H3/t13-,15+/m1/s1. The van der Waals surface area contributed by atoms with Crippen LogP contribution in [0, 0.1) is 5.92 Å². The van der Waals surface area contributed by atoms with E-state index in [-0.39, 0.29) is 18.0 Å². The molecule has 0 aliphatic carbocycles. The Morgan fingerprint density at radius 2 is 2.08 bits per heavy atom. The quantitative estimate of drug-likeness (QED) is 0.839. The van der Waals surface area contributed by atoms with Crippen molar-refractivity contribution in [1.29, 1.82) is 0 Å². The lowest BCUT2D eigenvalue weighted by Gasteiger charge is -2.30. The third-order valence-corrected chi connectivity index (χ3v) is 4.46. The monoisotopic (exact) mass is 333 g/mol. The molecule has 2 atom stereocenters. The Bertz CT molecular complexity index is 604. The second-order valence-corrected chi connectivity index (χ2v) is 6.87. The molecule has 3 heterocycles. The summed E-state index contributed by atoms with van der Waals surface area (Å²) in [5.74, 6) is 2.17. The molecule has 1 fully saturated rings. The first-order valence-corrected chi connectivity index (χ1v) is 8.78. The number of hydrogen-bond donors (Lipinski definition) is 1. The van der Waals surface area contributed by atoms with Crippen molar-refractivity contribution < 1.29 is 9.26 Å². The molecule has 1 N–H and O–H groups in total. The Labute approximate surface area is 142 Å². The summed E-state index contributed by atoms with van der Waals surface area (Å²) in [6, 6.07) is 2.24. The minimum atomic E-state index is 0.0551. The highest BCUT2D eigenvalue weighted by Gasteiger charge is 2.31. The summed E-state index contributed by atoms with van der Waals surface area (Å²) < 4.78 is 13.0. The molecule has 3 rings (SSSR count). The zero-order valence-electron chi connectivity index (χ0n) is 14.7. The molecule has 0 spiro atoms. The van der Waals surface area contributed by atoms with E-state index in [4.69, 9.17) is 9.26 Å². The summed E-state index contributed by atoms with van der Waals surface area (Å²) >= 11 is 0. The zero-order chi connectivity index (χ0) is 16.9. The Morgan fingerprint density at radius 1 is 1.29 bits per heavy atom. The lowest BCUT2D eigenvalue weighted by Crippen LogP contribution is -2.39. The predicted molar refractivity (Wildman–Crippen MR) is 89.5 cm³/mol. The van der Waals surface area contributed by atoms with E-state index in [2.05, 4.69) is 41.3 Å². The SMILES string of the molecule is CC(C)c1noc([C@@H](N[C@H](C)Cn2cccn2)C2CCOCC2)n1. The highest BCUT2D eigenvalue weighted by Crippen LogP contribution is 2.30. The van der Waals surface area contributed by atoms with Gasteiger partial charge >= 0.3 is 0 Å². The van der Waals surface area contributed by atoms with Crippen molar-refractivity contribution in [3.63, 3.8) is 0 Å². The van der Waals surface area contributed by atoms with Crippen LogP contribution in [0.4, 0.5) is 0 Å². The van der Waals surface area contributed by atoms with Crippen LogP contribution in [0.25, 0.3) is 0 Å². The Hall–Kier alpha value is -1.73. The third-order valence-electron chi connectivity index (χ3n) is 4.46. The minimum Gasteiger partial charge on any atom is -0.381 e. The first-order chi connectivity index (χ1) is 11.6. The Kier molecular flexibility index (Phi) is 5.63. The van der Waals surface area contributed by atoms with Gasteiger partial charge < -0.3 is 14.6 Å². The van der Waals surface area contributed by atoms with Gasteiger partial charge in [0.05, 0.1) is 12.6 Å². The van der Waals surface area contributed by atoms with E-state index in [0.29, 0.717) is 11.8 Å². The van der Waals surface area contributed by atoms with E-state index in [1.54, 1.807) is 6.20 Å². The molecule has 2 aromatic heterocycles. The van der Waals surface area contributed by atoms with Crippen LogP contribution < -0.4 is 5.32 Å². The van der Waals surface area contributed by atoms with Crippen LogP contribution >= 0.6 is 0 Å². The van der Waals surface area contributed by atoms with Gasteiger partial charge in [0.25, 0.3) is 0 Å². The highest BCUT2D eigenvalue weighted by molar-refractivity contribution is 4.99. The fourth-order valence-electron chi connectivity index (χ4n) is 3.11. The van der Waals surface area contributed by atoms with Crippen molar-refractivity contribution in [2.75, 3.05) is 13.2 Å². The van der Waals surface area contributed by atoms with Crippen molar-refractivity contribution >= 4 is 0 Å². The average molecular weight is 333 g/mol. The molecule has 0 radical (unpaired) electrons. The van der Waals surface area contributed by atoms with Gasteiger partial charge in [0.2, 0.25) is 5.89 Å². The normalized spacial score (nSPS) is 18.8. The maximum Gasteiger partial charge on any atom is 0.244 e. The van der Waals surface area contributed by atoms with Gasteiger partial charge in [-0.25, -0.2) is 0 Å². The summed E-state index contributed by atoms with van der Waals surface area (Å²) in [5.41, 5.74) is 0. The first-order valence-electron chi connectivity index (χ1n) is 8.78. The molecule has 0 amide bonds. The summed E-state index contributed by atoms with van der Waals surface area (Å²) in [5, 5.41) is 12.1. The second-order valence-electron chi connectivity index (χ2n) is 6.87. The topological polar surface area (TPSA) is 78.0 Å². The van der Waals surface area contributed by atoms with E-state index in [9.17, 15) is 0 Å². The van der Waals surface area contributed by atoms with Crippen LogP contribution in [-0.4, -0.2) is 39.2 Å². The predicted octanol–water partition coefficient (Wildman–Crippen LogP) is 2.54. The number of ether oxygens (including phenoxy) is 1. The maximum absolute atomic E-state index is 5.59. The van der Waals surface area contributed by atoms with Crippen LogP contribution in [0.3, 0.4) is 0 Å². The lowest BCUT2D eigenvalue weighted by molar-refractivity contribution is 0.0466. The van der Waals surface area contributed by atoms with E-state index in [0.717, 1.165) is 38.4 Å². The summed E-state index contributed by atoms with van der Waals surface area (Å²) in [6.07, 6.45) is 5.79. The van der Waals surface area contributed by atoms with Crippen LogP contribution in [0.1, 0.15) is 57.3 Å². The number of nitrogens with one attached hydrogen (secondary N) is 1. The van der Waals surface area contributed by atoms with E-state index in [1.807, 2.05) is 16.9 Å². The van der Waals surface area contributed by atoms with Gasteiger partial charge in [0.1, 0.15) is 0 Å². The Balaban J connectivity index is 1.73. The number of nitrogens with zero attached hydrogens (tertiary/aromatic N) is 4. The van der Waals surface area contributed by atoms with Gasteiger partial charge in [-0.2, -0.15) is 10.1 Å². The average Bonchev–Trinajstić information content (AvgIpc) is 3.25. The fourth-order valence-corrected chi connectivity index (χ4v) is 3.11. The first kappa shape index (κ1) is 17.1. The van der Waals surface area contributed by atoms with Crippen molar-refractivity contribution in [3.8, 4) is 0 Å². The molecule has 0 unspecified atom stereocenters. The zero-order valence-corrected chi connectivity index (χ0v) is 14.7. The van der Waals surface area contributed by atoms with Gasteiger partial charge in [-0.3, -0.25) is 4.68 Å². The molecule has 7 heteroatoms. The molecule has 0 saturated carbocycles. The van der Waals surface area contributed by atoms with E-state index in [1.165, 1.54) is 0 Å². The van der Waals surface area contributed by atoms with Crippen molar-refractivity contribution in [1.82, 2.24) is 25.2 Å². The molecule has 24 heavy (non-hydrogen) atoms. The lowest BCUT2D eigenvalue weighted by atomic mass is 9.91. The molecule has 0 bridgehead atoms. The molecule has 0 aromatic carbocycles. The van der Waals surface area contributed by atoms with Crippen LogP contribution in [0.15, 0.2) is 23.0 Å². The van der Waals surface area contributed by atoms with Gasteiger partial charge in [0.15, 0.2) is 5.82 Å². The van der Waals surface area contributed by atoms with Crippen LogP contribution in [-0.2, 0) is 11.3 Å². The largest absolute Gasteiger partial charge is 0.381 e. The summed E-state index contributed by atoms with van der Waals surface area (Å²) in [6.45, 7) is 8.70. The second kappa shape index (κ2) is 7.90. The Morgan fingerprint density at radius 3 is 2.71 bits per heavy atom. The summed E-state index contributed by atoms with van der Waals surface area (Å²) in [7, 11) is 0. The van der Waals surface area contributed by atoms with Gasteiger partial charge in [-0.05, 0) is 31.7 Å². The number of aromatic nitrogens is 4. The fraction of sp³-hybridized carbons (Fsp3) is 0.706. The smallest absolute Gasteiger partial charge is 0.244 e. The van der Waals surface area contributed by atoms with Crippen molar-refractivity contribution in [2.45, 2.75) is 58.2 Å². The highest BCUT2D eigenvalue weighted by atomic mass is 16.5. The number of hydrogen-bond acceptors (Lipinski definition) is 6. The molecule has 1 saturated heterocycles. The maximum atomic E-state index is 5.59. The van der Waals surface area contributed by atoms with Crippen LogP contribution in [0.2, 0.25) is 0 Å². The summed E-state index contributed by atoms with van der Waals surface area (Å²) in [4.78, 5) is 4.63. The van der Waals surface area contributed by atoms with E-state index < -0.39 is 0 Å². The molecule has 7 nitrogen and oxygen atoms in total. The third kappa shape index (κ3) is 4.21. The van der Waals surface area contributed by atoms with Gasteiger partial charge in [-0.1, -0.05) is 19.0 Å². The molecule has 2 aromatic rings. The van der Waals surface area contributed by atoms with Gasteiger partial charge in [-0.15, -0.1) is 0 Å². The number of rotatable bonds is 7. The molecule has 132 valence electrons. The molecular weight excluding hydrogens is 306 g/mol. The van der Waals surface area contributed by atoms with E-state index >= 15 is 0 Å². The molecular formula is C17H27N5O2.